The van der Waals surface area contributed by atoms with Gasteiger partial charge in [-0.3, -0.25) is 0 Å². The summed E-state index contributed by atoms with van der Waals surface area (Å²) in [6.07, 6.45) is 0.183. The van der Waals surface area contributed by atoms with Crippen molar-refractivity contribution in [2.45, 2.75) is 20.0 Å². The smallest absolute Gasteiger partial charge is 0.239 e. The molecule has 0 spiro atoms. The lowest BCUT2D eigenvalue weighted by Crippen LogP contribution is -1.97. The van der Waals surface area contributed by atoms with Crippen molar-refractivity contribution in [1.82, 2.24) is 0 Å². The Bertz CT molecular complexity index is 42.8. The third-order valence-electron chi connectivity index (χ3n) is 0.284. The maximum Gasteiger partial charge on any atom is 0.239 e. The highest BCUT2D eigenvalue weighted by Crippen LogP contribution is 1.80. The van der Waals surface area contributed by atoms with Crippen molar-refractivity contribution >= 4 is 17.8 Å². The molecule has 0 fully saturated rings. The first kappa shape index (κ1) is 5.89. The van der Waals surface area contributed by atoms with Crippen LogP contribution < -0.4 is 0 Å². The van der Waals surface area contributed by atoms with Crippen molar-refractivity contribution in [2.75, 3.05) is 0 Å². The Kier molecular flexibility index (Phi) is 3.04. The summed E-state index contributed by atoms with van der Waals surface area (Å²) >= 11 is 4.26. The third-order valence-corrected chi connectivity index (χ3v) is 0.380. The molecule has 0 N–H and O–H groups in total. The van der Waals surface area contributed by atoms with Gasteiger partial charge in [0.2, 0.25) is 5.55 Å². The van der Waals surface area contributed by atoms with E-state index < -0.39 is 0 Å². The zero-order chi connectivity index (χ0) is 4.99. The van der Waals surface area contributed by atoms with E-state index in [0.717, 1.165) is 0 Å². The first-order valence-electron chi connectivity index (χ1n) is 1.80. The largest absolute Gasteiger partial charge is 0.477 e. The van der Waals surface area contributed by atoms with E-state index in [4.69, 9.17) is 0 Å². The molecule has 0 aliphatic heterocycles. The molecule has 0 saturated heterocycles. The van der Waals surface area contributed by atoms with Crippen molar-refractivity contribution < 1.29 is 4.74 Å². The zero-order valence-electron chi connectivity index (χ0n) is 3.89. The minimum atomic E-state index is 0.183. The number of ether oxygens (including phenoxy) is 1. The van der Waals surface area contributed by atoms with Gasteiger partial charge in [-0.2, -0.15) is 0 Å². The SMILES string of the molecule is CC(C)O[C]=S. The van der Waals surface area contributed by atoms with Crippen LogP contribution in [0.2, 0.25) is 0 Å². The van der Waals surface area contributed by atoms with Crippen molar-refractivity contribution in [3.8, 4) is 0 Å². The number of hydrogen-bond donors (Lipinski definition) is 0. The molecule has 6 heavy (non-hydrogen) atoms. The third kappa shape index (κ3) is 3.89. The minimum absolute atomic E-state index is 0.183. The van der Waals surface area contributed by atoms with Gasteiger partial charge >= 0.3 is 0 Å². The van der Waals surface area contributed by atoms with Crippen LogP contribution in [-0.4, -0.2) is 11.7 Å². The van der Waals surface area contributed by atoms with Gasteiger partial charge in [-0.15, -0.1) is 0 Å². The van der Waals surface area contributed by atoms with E-state index in [1.165, 1.54) is 0 Å². The van der Waals surface area contributed by atoms with Crippen LogP contribution in [0, 0.1) is 0 Å². The van der Waals surface area contributed by atoms with Crippen LogP contribution in [0.15, 0.2) is 0 Å². The maximum absolute atomic E-state index is 4.61. The van der Waals surface area contributed by atoms with Crippen LogP contribution in [0.25, 0.3) is 0 Å². The van der Waals surface area contributed by atoms with Gasteiger partial charge in [-0.1, -0.05) is 0 Å². The average Bonchev–Trinajstić information content (AvgIpc) is 1.35. The average molecular weight is 103 g/mol. The van der Waals surface area contributed by atoms with E-state index in [9.17, 15) is 0 Å². The van der Waals surface area contributed by atoms with Crippen LogP contribution in [0.1, 0.15) is 13.8 Å². The van der Waals surface area contributed by atoms with Gasteiger partial charge in [0.25, 0.3) is 0 Å². The molecule has 0 amide bonds. The lowest BCUT2D eigenvalue weighted by atomic mass is 10.5. The van der Waals surface area contributed by atoms with Gasteiger partial charge in [0.05, 0.1) is 6.10 Å². The Hall–Kier alpha value is -0.110. The van der Waals surface area contributed by atoms with Crippen molar-refractivity contribution in [3.05, 3.63) is 0 Å². The molecule has 0 heterocycles. The first-order valence-corrected chi connectivity index (χ1v) is 2.21. The highest BCUT2D eigenvalue weighted by atomic mass is 32.1. The van der Waals surface area contributed by atoms with Gasteiger partial charge in [-0.05, 0) is 26.1 Å². The summed E-state index contributed by atoms with van der Waals surface area (Å²) in [6, 6.07) is 0. The van der Waals surface area contributed by atoms with Crippen LogP contribution in [0.3, 0.4) is 0 Å². The summed E-state index contributed by atoms with van der Waals surface area (Å²) in [7, 11) is 0. The van der Waals surface area contributed by atoms with Crippen molar-refractivity contribution in [1.29, 1.82) is 0 Å². The molecule has 0 unspecified atom stereocenters. The van der Waals surface area contributed by atoms with Gasteiger partial charge in [0.15, 0.2) is 0 Å². The predicted octanol–water partition coefficient (Wildman–Crippen LogP) is 1.25. The number of thiocarbonyl (C=S) groups is 1. The molecule has 0 aliphatic carbocycles. The molecule has 0 rings (SSSR count). The van der Waals surface area contributed by atoms with Gasteiger partial charge in [0, 0.05) is 0 Å². The molecule has 35 valence electrons. The van der Waals surface area contributed by atoms with Crippen molar-refractivity contribution in [3.63, 3.8) is 0 Å². The van der Waals surface area contributed by atoms with Crippen LogP contribution in [0.5, 0.6) is 0 Å². The van der Waals surface area contributed by atoms with Gasteiger partial charge < -0.3 is 4.74 Å². The second-order valence-electron chi connectivity index (χ2n) is 1.25. The number of hydrogen-bond acceptors (Lipinski definition) is 2. The Morgan fingerprint density at radius 3 is 2.17 bits per heavy atom. The molecule has 0 atom stereocenters. The van der Waals surface area contributed by atoms with E-state index >= 15 is 0 Å². The molecule has 0 aromatic heterocycles. The maximum atomic E-state index is 4.61. The first-order chi connectivity index (χ1) is 2.77. The molecular formula is C4H7OS. The van der Waals surface area contributed by atoms with E-state index in [2.05, 4.69) is 22.5 Å². The van der Waals surface area contributed by atoms with E-state index in [0.29, 0.717) is 0 Å². The van der Waals surface area contributed by atoms with E-state index in [1.54, 1.807) is 0 Å². The van der Waals surface area contributed by atoms with E-state index in [1.807, 2.05) is 13.8 Å². The molecule has 0 aromatic rings. The van der Waals surface area contributed by atoms with Crippen molar-refractivity contribution in [2.24, 2.45) is 0 Å². The minimum Gasteiger partial charge on any atom is -0.477 e. The van der Waals surface area contributed by atoms with Crippen LogP contribution >= 0.6 is 12.2 Å². The van der Waals surface area contributed by atoms with E-state index in [-0.39, 0.29) is 6.10 Å². The summed E-state index contributed by atoms with van der Waals surface area (Å²) in [5.41, 5.74) is 2.15. The quantitative estimate of drug-likeness (QED) is 0.486. The molecule has 0 bridgehead atoms. The summed E-state index contributed by atoms with van der Waals surface area (Å²) in [6.45, 7) is 3.80. The topological polar surface area (TPSA) is 9.23 Å². The lowest BCUT2D eigenvalue weighted by Gasteiger charge is -1.96. The number of rotatable bonds is 2. The Labute approximate surface area is 43.3 Å². The second-order valence-corrected chi connectivity index (χ2v) is 1.42. The normalized spacial score (nSPS) is 8.50. The zero-order valence-corrected chi connectivity index (χ0v) is 4.71. The summed E-state index contributed by atoms with van der Waals surface area (Å²) in [5.74, 6) is 0. The molecule has 0 aromatic carbocycles. The Morgan fingerprint density at radius 2 is 2.17 bits per heavy atom. The standard InChI is InChI=1S/C4H7OS/c1-4(2)5-3-6/h4H,1-2H3. The fraction of sp³-hybridized carbons (Fsp3) is 0.750. The summed E-state index contributed by atoms with van der Waals surface area (Å²) in [4.78, 5) is 0. The highest BCUT2D eigenvalue weighted by molar-refractivity contribution is 7.78. The molecule has 2 heteroatoms. The second kappa shape index (κ2) is 3.09. The molecule has 1 nitrogen and oxygen atoms in total. The highest BCUT2D eigenvalue weighted by Gasteiger charge is 1.83. The summed E-state index contributed by atoms with van der Waals surface area (Å²) < 4.78 is 4.61. The van der Waals surface area contributed by atoms with Gasteiger partial charge in [0.1, 0.15) is 0 Å². The summed E-state index contributed by atoms with van der Waals surface area (Å²) in [5, 5.41) is 0. The predicted molar refractivity (Wildman–Crippen MR) is 28.8 cm³/mol. The van der Waals surface area contributed by atoms with Gasteiger partial charge in [-0.25, -0.2) is 0 Å². The van der Waals surface area contributed by atoms with Crippen LogP contribution in [-0.2, 0) is 4.74 Å². The molecule has 0 aliphatic rings. The molecular weight excluding hydrogens is 96.1 g/mol. The Balaban J connectivity index is 2.81. The van der Waals surface area contributed by atoms with Crippen LogP contribution in [0.4, 0.5) is 0 Å². The monoisotopic (exact) mass is 103 g/mol. The lowest BCUT2D eigenvalue weighted by molar-refractivity contribution is 0.247. The molecule has 1 radical (unpaired) electrons. The Morgan fingerprint density at radius 1 is 1.67 bits per heavy atom. The fourth-order valence-electron chi connectivity index (χ4n) is 0.0962. The fourth-order valence-corrected chi connectivity index (χ4v) is 0.289. The molecule has 0 saturated carbocycles.